The van der Waals surface area contributed by atoms with Gasteiger partial charge < -0.3 is 9.88 Å². The minimum absolute atomic E-state index is 0.0626. The molecule has 1 N–H and O–H groups in total. The number of aromatic nitrogens is 2. The Bertz CT molecular complexity index is 978. The van der Waals surface area contributed by atoms with Gasteiger partial charge in [0.1, 0.15) is 11.6 Å². The molecule has 0 atom stereocenters. The molecule has 1 aromatic heterocycles. The number of carbonyl (C=O) groups is 1. The molecule has 8 heteroatoms. The maximum Gasteiger partial charge on any atom is 0.416 e. The van der Waals surface area contributed by atoms with Crippen molar-refractivity contribution >= 4 is 5.91 Å². The average molecular weight is 391 g/mol. The Hall–Kier alpha value is -3.16. The van der Waals surface area contributed by atoms with E-state index in [0.717, 1.165) is 12.1 Å². The largest absolute Gasteiger partial charge is 0.416 e. The Morgan fingerprint density at radius 1 is 1.11 bits per heavy atom. The molecular weight excluding hydrogens is 374 g/mol. The van der Waals surface area contributed by atoms with Crippen molar-refractivity contribution in [1.29, 1.82) is 0 Å². The number of carbonyl (C=O) groups excluding carboxylic acids is 1. The summed E-state index contributed by atoms with van der Waals surface area (Å²) in [6, 6.07) is 9.03. The Kier molecular flexibility index (Phi) is 5.48. The molecular formula is C20H17F4N3O. The van der Waals surface area contributed by atoms with Gasteiger partial charge in [-0.2, -0.15) is 13.2 Å². The zero-order valence-corrected chi connectivity index (χ0v) is 14.9. The number of amides is 1. The van der Waals surface area contributed by atoms with Crippen LogP contribution in [0.3, 0.4) is 0 Å². The van der Waals surface area contributed by atoms with Crippen LogP contribution in [0.25, 0.3) is 5.69 Å². The molecule has 0 aliphatic carbocycles. The highest BCUT2D eigenvalue weighted by Crippen LogP contribution is 2.29. The summed E-state index contributed by atoms with van der Waals surface area (Å²) in [6.07, 6.45) is -1.25. The van der Waals surface area contributed by atoms with E-state index >= 15 is 0 Å². The molecule has 0 saturated carbocycles. The molecule has 0 saturated heterocycles. The summed E-state index contributed by atoms with van der Waals surface area (Å²) in [4.78, 5) is 16.1. The summed E-state index contributed by atoms with van der Waals surface area (Å²) in [5.74, 6) is -0.165. The molecule has 1 amide bonds. The van der Waals surface area contributed by atoms with Crippen molar-refractivity contribution in [3.05, 3.63) is 83.2 Å². The van der Waals surface area contributed by atoms with Crippen LogP contribution in [0.2, 0.25) is 0 Å². The van der Waals surface area contributed by atoms with E-state index in [-0.39, 0.29) is 18.9 Å². The van der Waals surface area contributed by atoms with E-state index in [1.54, 1.807) is 36.0 Å². The number of benzene rings is 2. The number of hydrogen-bond donors (Lipinski definition) is 1. The van der Waals surface area contributed by atoms with Gasteiger partial charge >= 0.3 is 6.18 Å². The van der Waals surface area contributed by atoms with Gasteiger partial charge in [-0.25, -0.2) is 9.37 Å². The number of halogens is 4. The van der Waals surface area contributed by atoms with Crippen molar-refractivity contribution < 1.29 is 22.4 Å². The first kappa shape index (κ1) is 19.6. The van der Waals surface area contributed by atoms with Gasteiger partial charge in [0.05, 0.1) is 17.7 Å². The van der Waals surface area contributed by atoms with Crippen molar-refractivity contribution in [2.75, 3.05) is 0 Å². The van der Waals surface area contributed by atoms with Gasteiger partial charge in [-0.1, -0.05) is 18.2 Å². The standard InChI is InChI=1S/C20H17F4N3O/c1-13-25-8-9-27(13)18-7-4-15(10-17(18)21)12-26-19(28)11-14-2-5-16(6-3-14)20(22,23)24/h2-10H,11-12H2,1H3,(H,26,28). The number of nitrogens with zero attached hydrogens (tertiary/aromatic N) is 2. The Balaban J connectivity index is 1.59. The van der Waals surface area contributed by atoms with Gasteiger partial charge in [-0.15, -0.1) is 0 Å². The van der Waals surface area contributed by atoms with Crippen LogP contribution in [0, 0.1) is 12.7 Å². The van der Waals surface area contributed by atoms with Gasteiger partial charge in [-0.05, 0) is 42.3 Å². The van der Waals surface area contributed by atoms with Crippen LogP contribution in [-0.2, 0) is 23.9 Å². The first-order chi connectivity index (χ1) is 13.2. The second kappa shape index (κ2) is 7.84. The lowest BCUT2D eigenvalue weighted by atomic mass is 10.1. The lowest BCUT2D eigenvalue weighted by Gasteiger charge is -2.10. The zero-order valence-electron chi connectivity index (χ0n) is 14.9. The summed E-state index contributed by atoms with van der Waals surface area (Å²) in [5, 5.41) is 2.64. The highest BCUT2D eigenvalue weighted by atomic mass is 19.4. The number of hydrogen-bond acceptors (Lipinski definition) is 2. The van der Waals surface area contributed by atoms with E-state index in [1.165, 1.54) is 18.2 Å². The maximum atomic E-state index is 14.3. The number of rotatable bonds is 5. The van der Waals surface area contributed by atoms with Crippen LogP contribution < -0.4 is 5.32 Å². The van der Waals surface area contributed by atoms with Crippen molar-refractivity contribution in [3.63, 3.8) is 0 Å². The number of imidazole rings is 1. The summed E-state index contributed by atoms with van der Waals surface area (Å²) in [7, 11) is 0. The third-order valence-electron chi connectivity index (χ3n) is 4.23. The Labute approximate surface area is 158 Å². The molecule has 146 valence electrons. The first-order valence-corrected chi connectivity index (χ1v) is 8.45. The van der Waals surface area contributed by atoms with Gasteiger partial charge in [0.2, 0.25) is 5.91 Å². The molecule has 0 aliphatic rings. The fourth-order valence-electron chi connectivity index (χ4n) is 2.75. The van der Waals surface area contributed by atoms with E-state index in [9.17, 15) is 22.4 Å². The highest BCUT2D eigenvalue weighted by Gasteiger charge is 2.29. The third kappa shape index (κ3) is 4.57. The fourth-order valence-corrected chi connectivity index (χ4v) is 2.75. The normalized spacial score (nSPS) is 11.5. The van der Waals surface area contributed by atoms with E-state index in [0.29, 0.717) is 22.6 Å². The maximum absolute atomic E-state index is 14.3. The quantitative estimate of drug-likeness (QED) is 0.663. The Morgan fingerprint density at radius 2 is 1.79 bits per heavy atom. The molecule has 0 aliphatic heterocycles. The minimum Gasteiger partial charge on any atom is -0.352 e. The van der Waals surface area contributed by atoms with Crippen molar-refractivity contribution in [2.24, 2.45) is 0 Å². The fraction of sp³-hybridized carbons (Fsp3) is 0.200. The molecule has 3 rings (SSSR count). The number of aryl methyl sites for hydroxylation is 1. The highest BCUT2D eigenvalue weighted by molar-refractivity contribution is 5.78. The van der Waals surface area contributed by atoms with Crippen LogP contribution in [0.5, 0.6) is 0 Å². The van der Waals surface area contributed by atoms with E-state index in [2.05, 4.69) is 10.3 Å². The second-order valence-corrected chi connectivity index (χ2v) is 6.28. The van der Waals surface area contributed by atoms with Crippen LogP contribution in [0.15, 0.2) is 54.9 Å². The number of alkyl halides is 3. The second-order valence-electron chi connectivity index (χ2n) is 6.28. The molecule has 0 fully saturated rings. The van der Waals surface area contributed by atoms with Gasteiger partial charge in [0, 0.05) is 18.9 Å². The van der Waals surface area contributed by atoms with Gasteiger partial charge in [0.25, 0.3) is 0 Å². The molecule has 0 spiro atoms. The van der Waals surface area contributed by atoms with Crippen LogP contribution >= 0.6 is 0 Å². The molecule has 0 unspecified atom stereocenters. The van der Waals surface area contributed by atoms with Crippen molar-refractivity contribution in [1.82, 2.24) is 14.9 Å². The lowest BCUT2D eigenvalue weighted by Crippen LogP contribution is -2.24. The van der Waals surface area contributed by atoms with Crippen LogP contribution in [-0.4, -0.2) is 15.5 Å². The third-order valence-corrected chi connectivity index (χ3v) is 4.23. The molecule has 3 aromatic rings. The first-order valence-electron chi connectivity index (χ1n) is 8.45. The SMILES string of the molecule is Cc1nccn1-c1ccc(CNC(=O)Cc2ccc(C(F)(F)F)cc2)cc1F. The summed E-state index contributed by atoms with van der Waals surface area (Å²) < 4.78 is 53.6. The Morgan fingerprint density at radius 3 is 2.36 bits per heavy atom. The smallest absolute Gasteiger partial charge is 0.352 e. The molecule has 0 radical (unpaired) electrons. The monoisotopic (exact) mass is 391 g/mol. The zero-order chi connectivity index (χ0) is 20.3. The topological polar surface area (TPSA) is 46.9 Å². The molecule has 28 heavy (non-hydrogen) atoms. The molecule has 0 bridgehead atoms. The summed E-state index contributed by atoms with van der Waals surface area (Å²) >= 11 is 0. The van der Waals surface area contributed by atoms with E-state index < -0.39 is 17.6 Å². The van der Waals surface area contributed by atoms with E-state index in [1.807, 2.05) is 0 Å². The predicted molar refractivity (Wildman–Crippen MR) is 95.3 cm³/mol. The minimum atomic E-state index is -4.41. The number of nitrogens with one attached hydrogen (secondary N) is 1. The van der Waals surface area contributed by atoms with Crippen LogP contribution in [0.4, 0.5) is 17.6 Å². The van der Waals surface area contributed by atoms with Crippen molar-refractivity contribution in [3.8, 4) is 5.69 Å². The lowest BCUT2D eigenvalue weighted by molar-refractivity contribution is -0.137. The summed E-state index contributed by atoms with van der Waals surface area (Å²) in [6.45, 7) is 1.87. The average Bonchev–Trinajstić information content (AvgIpc) is 3.05. The van der Waals surface area contributed by atoms with Crippen LogP contribution in [0.1, 0.15) is 22.5 Å². The van der Waals surface area contributed by atoms with Crippen molar-refractivity contribution in [2.45, 2.75) is 26.1 Å². The molecule has 1 heterocycles. The molecule has 2 aromatic carbocycles. The van der Waals surface area contributed by atoms with Gasteiger partial charge in [-0.3, -0.25) is 4.79 Å². The predicted octanol–water partition coefficient (Wildman–Crippen LogP) is 4.20. The summed E-state index contributed by atoms with van der Waals surface area (Å²) in [5.41, 5.74) is 0.623. The van der Waals surface area contributed by atoms with Gasteiger partial charge in [0.15, 0.2) is 0 Å². The molecule has 4 nitrogen and oxygen atoms in total. The van der Waals surface area contributed by atoms with E-state index in [4.69, 9.17) is 0 Å².